The zero-order valence-corrected chi connectivity index (χ0v) is 12.5. The van der Waals surface area contributed by atoms with Crippen LogP contribution in [0.15, 0.2) is 18.2 Å². The van der Waals surface area contributed by atoms with Crippen molar-refractivity contribution in [2.75, 3.05) is 19.5 Å². The summed E-state index contributed by atoms with van der Waals surface area (Å²) in [6.07, 6.45) is 1.60. The van der Waals surface area contributed by atoms with Gasteiger partial charge in [0.1, 0.15) is 0 Å². The average Bonchev–Trinajstić information content (AvgIpc) is 2.46. The zero-order chi connectivity index (χ0) is 15.7. The highest BCUT2D eigenvalue weighted by Gasteiger charge is 2.11. The molecule has 0 heterocycles. The number of amides is 1. The van der Waals surface area contributed by atoms with Gasteiger partial charge in [0.2, 0.25) is 5.91 Å². The summed E-state index contributed by atoms with van der Waals surface area (Å²) in [5.41, 5.74) is 0.853. The van der Waals surface area contributed by atoms with E-state index < -0.39 is 6.61 Å². The first-order chi connectivity index (χ1) is 10.1. The van der Waals surface area contributed by atoms with Crippen molar-refractivity contribution in [3.8, 4) is 11.5 Å². The molecule has 1 amide bonds. The van der Waals surface area contributed by atoms with Crippen LogP contribution in [-0.2, 0) is 11.2 Å². The molecule has 4 nitrogen and oxygen atoms in total. The van der Waals surface area contributed by atoms with Crippen LogP contribution in [0.3, 0.4) is 0 Å². The third-order valence-corrected chi connectivity index (χ3v) is 2.98. The van der Waals surface area contributed by atoms with Gasteiger partial charge in [0.25, 0.3) is 0 Å². The van der Waals surface area contributed by atoms with Crippen molar-refractivity contribution in [2.45, 2.75) is 25.9 Å². The predicted molar refractivity (Wildman–Crippen MR) is 76.3 cm³/mol. The van der Waals surface area contributed by atoms with Crippen molar-refractivity contribution in [1.82, 2.24) is 5.32 Å². The molecule has 1 N–H and O–H groups in total. The van der Waals surface area contributed by atoms with Gasteiger partial charge in [-0.25, -0.2) is 0 Å². The Bertz CT molecular complexity index is 458. The van der Waals surface area contributed by atoms with Crippen LogP contribution in [0.4, 0.5) is 8.78 Å². The summed E-state index contributed by atoms with van der Waals surface area (Å²) >= 11 is 5.50. The van der Waals surface area contributed by atoms with E-state index in [0.29, 0.717) is 31.7 Å². The number of nitrogens with one attached hydrogen (secondary N) is 1. The van der Waals surface area contributed by atoms with Crippen molar-refractivity contribution in [3.63, 3.8) is 0 Å². The van der Waals surface area contributed by atoms with Gasteiger partial charge in [-0.1, -0.05) is 6.07 Å². The summed E-state index contributed by atoms with van der Waals surface area (Å²) in [5, 5.41) is 2.76. The molecule has 1 aromatic rings. The van der Waals surface area contributed by atoms with Crippen LogP contribution < -0.4 is 14.8 Å². The van der Waals surface area contributed by atoms with E-state index in [9.17, 15) is 13.6 Å². The first-order valence-electron chi connectivity index (χ1n) is 6.51. The lowest BCUT2D eigenvalue weighted by Crippen LogP contribution is -2.25. The molecule has 0 aliphatic heterocycles. The Hall–Kier alpha value is -1.56. The molecule has 0 bridgehead atoms. The van der Waals surface area contributed by atoms with E-state index in [2.05, 4.69) is 10.1 Å². The van der Waals surface area contributed by atoms with Gasteiger partial charge in [0, 0.05) is 18.8 Å². The number of rotatable bonds is 9. The van der Waals surface area contributed by atoms with E-state index in [1.54, 1.807) is 12.1 Å². The number of ether oxygens (including phenoxy) is 2. The monoisotopic (exact) mass is 321 g/mol. The van der Waals surface area contributed by atoms with Crippen LogP contribution in [0, 0.1) is 0 Å². The summed E-state index contributed by atoms with van der Waals surface area (Å²) in [5.74, 6) is 0.625. The summed E-state index contributed by atoms with van der Waals surface area (Å²) in [7, 11) is 1.38. The third kappa shape index (κ3) is 6.62. The summed E-state index contributed by atoms with van der Waals surface area (Å²) in [6.45, 7) is -2.44. The first-order valence-corrected chi connectivity index (χ1v) is 7.04. The fourth-order valence-corrected chi connectivity index (χ4v) is 1.86. The number of hydrogen-bond acceptors (Lipinski definition) is 3. The second-order valence-electron chi connectivity index (χ2n) is 4.26. The number of benzene rings is 1. The van der Waals surface area contributed by atoms with Gasteiger partial charge >= 0.3 is 6.61 Å². The molecule has 118 valence electrons. The first kappa shape index (κ1) is 17.5. The van der Waals surface area contributed by atoms with E-state index in [0.717, 1.165) is 5.56 Å². The minimum Gasteiger partial charge on any atom is -0.493 e. The van der Waals surface area contributed by atoms with E-state index >= 15 is 0 Å². The average molecular weight is 322 g/mol. The molecular formula is C14H18ClF2NO3. The Kier molecular flexibility index (Phi) is 7.82. The van der Waals surface area contributed by atoms with Crippen LogP contribution in [0.5, 0.6) is 11.5 Å². The normalized spacial score (nSPS) is 10.5. The Morgan fingerprint density at radius 1 is 1.38 bits per heavy atom. The molecule has 7 heteroatoms. The smallest absolute Gasteiger partial charge is 0.387 e. The third-order valence-electron chi connectivity index (χ3n) is 2.72. The number of alkyl halides is 3. The molecule has 1 rings (SSSR count). The van der Waals surface area contributed by atoms with Crippen molar-refractivity contribution >= 4 is 17.5 Å². The molecule has 0 spiro atoms. The molecular weight excluding hydrogens is 304 g/mol. The maximum Gasteiger partial charge on any atom is 0.387 e. The van der Waals surface area contributed by atoms with E-state index in [4.69, 9.17) is 16.3 Å². The minimum atomic E-state index is -2.90. The maximum atomic E-state index is 12.2. The maximum absolute atomic E-state index is 12.2. The SMILES string of the molecule is COc1cc(CCNC(=O)CCCCl)ccc1OC(F)F. The zero-order valence-electron chi connectivity index (χ0n) is 11.7. The Morgan fingerprint density at radius 2 is 2.14 bits per heavy atom. The predicted octanol–water partition coefficient (Wildman–Crippen LogP) is 2.97. The topological polar surface area (TPSA) is 47.6 Å². The van der Waals surface area contributed by atoms with Crippen molar-refractivity contribution in [2.24, 2.45) is 0 Å². The molecule has 0 saturated carbocycles. The molecule has 0 aliphatic carbocycles. The number of hydrogen-bond donors (Lipinski definition) is 1. The lowest BCUT2D eigenvalue weighted by Gasteiger charge is -2.11. The van der Waals surface area contributed by atoms with Gasteiger partial charge in [-0.3, -0.25) is 4.79 Å². The van der Waals surface area contributed by atoms with Gasteiger partial charge in [-0.15, -0.1) is 11.6 Å². The van der Waals surface area contributed by atoms with Gasteiger partial charge in [0.15, 0.2) is 11.5 Å². The summed E-state index contributed by atoms with van der Waals surface area (Å²) < 4.78 is 33.7. The molecule has 0 aromatic heterocycles. The lowest BCUT2D eigenvalue weighted by atomic mass is 10.1. The van der Waals surface area contributed by atoms with Crippen LogP contribution in [-0.4, -0.2) is 32.1 Å². The molecule has 0 fully saturated rings. The van der Waals surface area contributed by atoms with E-state index in [-0.39, 0.29) is 17.4 Å². The van der Waals surface area contributed by atoms with Gasteiger partial charge in [-0.05, 0) is 30.5 Å². The molecule has 21 heavy (non-hydrogen) atoms. The molecule has 0 radical (unpaired) electrons. The number of halogens is 3. The largest absolute Gasteiger partial charge is 0.493 e. The Morgan fingerprint density at radius 3 is 2.76 bits per heavy atom. The Balaban J connectivity index is 2.50. The Labute approximate surface area is 127 Å². The highest BCUT2D eigenvalue weighted by Crippen LogP contribution is 2.29. The fourth-order valence-electron chi connectivity index (χ4n) is 1.72. The van der Waals surface area contributed by atoms with Crippen LogP contribution in [0.1, 0.15) is 18.4 Å². The molecule has 0 saturated heterocycles. The van der Waals surface area contributed by atoms with E-state index in [1.807, 2.05) is 0 Å². The highest BCUT2D eigenvalue weighted by atomic mass is 35.5. The van der Waals surface area contributed by atoms with Crippen molar-refractivity contribution in [1.29, 1.82) is 0 Å². The quantitative estimate of drug-likeness (QED) is 0.711. The summed E-state index contributed by atoms with van der Waals surface area (Å²) in [4.78, 5) is 11.4. The highest BCUT2D eigenvalue weighted by molar-refractivity contribution is 6.17. The lowest BCUT2D eigenvalue weighted by molar-refractivity contribution is -0.121. The van der Waals surface area contributed by atoms with Crippen LogP contribution >= 0.6 is 11.6 Å². The second kappa shape index (κ2) is 9.39. The van der Waals surface area contributed by atoms with Gasteiger partial charge in [0.05, 0.1) is 7.11 Å². The molecule has 0 aliphatic rings. The number of carbonyl (C=O) groups excluding carboxylic acids is 1. The number of carbonyl (C=O) groups is 1. The van der Waals surface area contributed by atoms with E-state index in [1.165, 1.54) is 13.2 Å². The van der Waals surface area contributed by atoms with Crippen LogP contribution in [0.25, 0.3) is 0 Å². The molecule has 0 unspecified atom stereocenters. The van der Waals surface area contributed by atoms with Crippen molar-refractivity contribution < 1.29 is 23.0 Å². The van der Waals surface area contributed by atoms with Gasteiger partial charge in [-0.2, -0.15) is 8.78 Å². The standard InChI is InChI=1S/C14H18ClF2NO3/c1-20-12-9-10(4-5-11(12)21-14(16)17)6-8-18-13(19)3-2-7-15/h4-5,9,14H,2-3,6-8H2,1H3,(H,18,19). The molecule has 1 aromatic carbocycles. The van der Waals surface area contributed by atoms with Gasteiger partial charge < -0.3 is 14.8 Å². The number of methoxy groups -OCH3 is 1. The van der Waals surface area contributed by atoms with Crippen LogP contribution in [0.2, 0.25) is 0 Å². The fraction of sp³-hybridized carbons (Fsp3) is 0.500. The summed E-state index contributed by atoms with van der Waals surface area (Å²) in [6, 6.07) is 4.70. The second-order valence-corrected chi connectivity index (χ2v) is 4.63. The molecule has 0 atom stereocenters. The van der Waals surface area contributed by atoms with Crippen molar-refractivity contribution in [3.05, 3.63) is 23.8 Å². The minimum absolute atomic E-state index is 0.0117.